The van der Waals surface area contributed by atoms with Crippen molar-refractivity contribution in [1.29, 1.82) is 0 Å². The number of halogens is 4. The van der Waals surface area contributed by atoms with E-state index < -0.39 is 29.4 Å². The molecule has 19 heavy (non-hydrogen) atoms. The van der Waals surface area contributed by atoms with Gasteiger partial charge >= 0.3 is 6.18 Å². The third kappa shape index (κ3) is 4.02. The lowest BCUT2D eigenvalue weighted by atomic mass is 9.95. The zero-order valence-electron chi connectivity index (χ0n) is 10.6. The van der Waals surface area contributed by atoms with Crippen molar-refractivity contribution in [2.24, 2.45) is 11.7 Å². The molecule has 1 atom stereocenters. The van der Waals surface area contributed by atoms with Gasteiger partial charge in [0.05, 0.1) is 11.6 Å². The first-order valence-corrected chi connectivity index (χ1v) is 5.79. The van der Waals surface area contributed by atoms with Crippen LogP contribution in [-0.4, -0.2) is 11.8 Å². The van der Waals surface area contributed by atoms with E-state index in [-0.39, 0.29) is 11.5 Å². The summed E-state index contributed by atoms with van der Waals surface area (Å²) in [6.07, 6.45) is -4.47. The predicted octanol–water partition coefficient (Wildman–Crippen LogP) is 3.40. The minimum atomic E-state index is -4.83. The van der Waals surface area contributed by atoms with Crippen molar-refractivity contribution in [1.82, 2.24) is 0 Å². The van der Waals surface area contributed by atoms with Crippen LogP contribution in [0, 0.1) is 11.7 Å². The van der Waals surface area contributed by atoms with E-state index in [1.165, 1.54) is 0 Å². The molecule has 106 valence electrons. The normalized spacial score (nSPS) is 13.7. The summed E-state index contributed by atoms with van der Waals surface area (Å²) in [5, 5.41) is 0. The van der Waals surface area contributed by atoms with Crippen molar-refractivity contribution in [2.45, 2.75) is 32.5 Å². The number of alkyl halides is 3. The highest BCUT2D eigenvalue weighted by atomic mass is 19.4. The summed E-state index contributed by atoms with van der Waals surface area (Å²) in [7, 11) is 0. The average molecular weight is 277 g/mol. The maximum Gasteiger partial charge on any atom is 0.419 e. The summed E-state index contributed by atoms with van der Waals surface area (Å²) in [5.41, 5.74) is 3.95. The van der Waals surface area contributed by atoms with Gasteiger partial charge in [-0.15, -0.1) is 0 Å². The first kappa shape index (κ1) is 15.6. The lowest BCUT2D eigenvalue weighted by Gasteiger charge is -2.14. The quantitative estimate of drug-likeness (QED) is 0.677. The number of ketones is 1. The SMILES string of the molecule is CC(C)CC(N)C(=O)c1ccc(F)c(C(F)(F)F)c1. The summed E-state index contributed by atoms with van der Waals surface area (Å²) >= 11 is 0. The number of carbonyl (C=O) groups is 1. The van der Waals surface area contributed by atoms with Crippen LogP contribution in [0.15, 0.2) is 18.2 Å². The Morgan fingerprint density at radius 3 is 2.37 bits per heavy atom. The Hall–Kier alpha value is -1.43. The number of benzene rings is 1. The Kier molecular flexibility index (Phi) is 4.68. The van der Waals surface area contributed by atoms with Crippen LogP contribution in [0.1, 0.15) is 36.2 Å². The molecule has 0 saturated heterocycles. The molecule has 6 heteroatoms. The van der Waals surface area contributed by atoms with Gasteiger partial charge in [0.1, 0.15) is 5.82 Å². The van der Waals surface area contributed by atoms with Gasteiger partial charge in [-0.2, -0.15) is 13.2 Å². The van der Waals surface area contributed by atoms with Crippen LogP contribution in [0.5, 0.6) is 0 Å². The molecule has 0 amide bonds. The smallest absolute Gasteiger partial charge is 0.321 e. The summed E-state index contributed by atoms with van der Waals surface area (Å²) < 4.78 is 50.6. The summed E-state index contributed by atoms with van der Waals surface area (Å²) in [5.74, 6) is -1.87. The molecular weight excluding hydrogens is 262 g/mol. The minimum absolute atomic E-state index is 0.140. The van der Waals surface area contributed by atoms with Crippen molar-refractivity contribution in [3.05, 3.63) is 35.1 Å². The third-order valence-electron chi connectivity index (χ3n) is 2.62. The Labute approximate surface area is 108 Å². The number of carbonyl (C=O) groups excluding carboxylic acids is 1. The van der Waals surface area contributed by atoms with Crippen molar-refractivity contribution in [2.75, 3.05) is 0 Å². The largest absolute Gasteiger partial charge is 0.419 e. The summed E-state index contributed by atoms with van der Waals surface area (Å²) in [6, 6.07) is 1.29. The van der Waals surface area contributed by atoms with E-state index in [4.69, 9.17) is 5.73 Å². The molecule has 2 N–H and O–H groups in total. The maximum atomic E-state index is 13.1. The minimum Gasteiger partial charge on any atom is -0.321 e. The van der Waals surface area contributed by atoms with Crippen LogP contribution in [0.4, 0.5) is 17.6 Å². The highest BCUT2D eigenvalue weighted by Crippen LogP contribution is 2.32. The second-order valence-corrected chi connectivity index (χ2v) is 4.79. The Balaban J connectivity index is 3.06. The fraction of sp³-hybridized carbons (Fsp3) is 0.462. The summed E-state index contributed by atoms with van der Waals surface area (Å²) in [4.78, 5) is 11.9. The van der Waals surface area contributed by atoms with E-state index in [1.807, 2.05) is 13.8 Å². The first-order chi connectivity index (χ1) is 8.62. The molecule has 1 aromatic carbocycles. The molecule has 0 bridgehead atoms. The maximum absolute atomic E-state index is 13.1. The molecule has 0 aromatic heterocycles. The molecule has 0 radical (unpaired) electrons. The molecule has 1 aromatic rings. The van der Waals surface area contributed by atoms with Crippen molar-refractivity contribution in [3.8, 4) is 0 Å². The molecule has 2 nitrogen and oxygen atoms in total. The van der Waals surface area contributed by atoms with Crippen molar-refractivity contribution in [3.63, 3.8) is 0 Å². The van der Waals surface area contributed by atoms with E-state index in [9.17, 15) is 22.4 Å². The van der Waals surface area contributed by atoms with Gasteiger partial charge in [0.15, 0.2) is 5.78 Å². The number of Topliss-reactive ketones (excluding diaryl/α,β-unsaturated/α-hetero) is 1. The summed E-state index contributed by atoms with van der Waals surface area (Å²) in [6.45, 7) is 3.69. The molecule has 0 fully saturated rings. The molecule has 0 spiro atoms. The average Bonchev–Trinajstić information content (AvgIpc) is 2.26. The number of rotatable bonds is 4. The van der Waals surface area contributed by atoms with Gasteiger partial charge in [-0.25, -0.2) is 4.39 Å². The van der Waals surface area contributed by atoms with E-state index in [1.54, 1.807) is 0 Å². The van der Waals surface area contributed by atoms with Gasteiger partial charge in [0.2, 0.25) is 0 Å². The molecule has 0 aliphatic carbocycles. The molecule has 0 aliphatic heterocycles. The Bertz CT molecular complexity index is 468. The van der Waals surface area contributed by atoms with Gasteiger partial charge in [0, 0.05) is 5.56 Å². The lowest BCUT2D eigenvalue weighted by molar-refractivity contribution is -0.140. The van der Waals surface area contributed by atoms with Gasteiger partial charge in [-0.05, 0) is 30.5 Å². The molecule has 0 saturated carbocycles. The van der Waals surface area contributed by atoms with Gasteiger partial charge in [0.25, 0.3) is 0 Å². The molecule has 0 heterocycles. The lowest BCUT2D eigenvalue weighted by Crippen LogP contribution is -2.32. The first-order valence-electron chi connectivity index (χ1n) is 5.79. The van der Waals surface area contributed by atoms with Crippen LogP contribution in [0.2, 0.25) is 0 Å². The number of hydrogen-bond acceptors (Lipinski definition) is 2. The van der Waals surface area contributed by atoms with E-state index >= 15 is 0 Å². The van der Waals surface area contributed by atoms with Gasteiger partial charge in [-0.3, -0.25) is 4.79 Å². The van der Waals surface area contributed by atoms with E-state index in [0.717, 1.165) is 6.07 Å². The third-order valence-corrected chi connectivity index (χ3v) is 2.62. The van der Waals surface area contributed by atoms with Crippen LogP contribution in [0.25, 0.3) is 0 Å². The predicted molar refractivity (Wildman–Crippen MR) is 63.2 cm³/mol. The fourth-order valence-corrected chi connectivity index (χ4v) is 1.72. The van der Waals surface area contributed by atoms with Crippen LogP contribution in [-0.2, 0) is 6.18 Å². The standard InChI is InChI=1S/C13H15F4NO/c1-7(2)5-11(18)12(19)8-3-4-10(14)9(6-8)13(15,16)17/h3-4,6-7,11H,5,18H2,1-2H3. The number of hydrogen-bond donors (Lipinski definition) is 1. The molecule has 0 aliphatic rings. The van der Waals surface area contributed by atoms with Crippen molar-refractivity contribution < 1.29 is 22.4 Å². The Morgan fingerprint density at radius 1 is 1.32 bits per heavy atom. The topological polar surface area (TPSA) is 43.1 Å². The van der Waals surface area contributed by atoms with Crippen LogP contribution < -0.4 is 5.73 Å². The zero-order valence-corrected chi connectivity index (χ0v) is 10.6. The van der Waals surface area contributed by atoms with E-state index in [0.29, 0.717) is 18.6 Å². The highest BCUT2D eigenvalue weighted by molar-refractivity contribution is 6.00. The zero-order chi connectivity index (χ0) is 14.8. The fourth-order valence-electron chi connectivity index (χ4n) is 1.72. The van der Waals surface area contributed by atoms with Crippen LogP contribution in [0.3, 0.4) is 0 Å². The highest BCUT2D eigenvalue weighted by Gasteiger charge is 2.35. The second kappa shape index (κ2) is 5.69. The monoisotopic (exact) mass is 277 g/mol. The Morgan fingerprint density at radius 2 is 1.89 bits per heavy atom. The molecule has 1 rings (SSSR count). The van der Waals surface area contributed by atoms with Gasteiger partial charge < -0.3 is 5.73 Å². The second-order valence-electron chi connectivity index (χ2n) is 4.79. The van der Waals surface area contributed by atoms with Crippen molar-refractivity contribution >= 4 is 5.78 Å². The van der Waals surface area contributed by atoms with Crippen LogP contribution >= 0.6 is 0 Å². The van der Waals surface area contributed by atoms with E-state index in [2.05, 4.69) is 0 Å². The number of nitrogens with two attached hydrogens (primary N) is 1. The molecular formula is C13H15F4NO. The van der Waals surface area contributed by atoms with Gasteiger partial charge in [-0.1, -0.05) is 13.8 Å². The molecule has 1 unspecified atom stereocenters.